The van der Waals surface area contributed by atoms with Gasteiger partial charge < -0.3 is 9.64 Å². The zero-order valence-electron chi connectivity index (χ0n) is 19.7. The molecule has 0 N–H and O–H groups in total. The molecular formula is C26H33N3O4S. The number of fused-ring (bicyclic) bond motifs is 1. The van der Waals surface area contributed by atoms with Crippen LogP contribution in [0.15, 0.2) is 53.4 Å². The van der Waals surface area contributed by atoms with E-state index in [0.717, 1.165) is 30.4 Å². The van der Waals surface area contributed by atoms with Gasteiger partial charge in [0.25, 0.3) is 0 Å². The number of ether oxygens (including phenoxy) is 1. The summed E-state index contributed by atoms with van der Waals surface area (Å²) < 4.78 is 34.0. The molecule has 34 heavy (non-hydrogen) atoms. The van der Waals surface area contributed by atoms with E-state index in [2.05, 4.69) is 17.0 Å². The molecule has 2 aromatic carbocycles. The SMILES string of the molecule is CC1CN(CC(=O)N2CCN(S(=O)(=O)c3ccc4c(c3)CCC4)CC2)CC(c2ccccc2)O1. The molecule has 182 valence electrons. The monoisotopic (exact) mass is 483 g/mol. The first-order valence-corrected chi connectivity index (χ1v) is 13.7. The molecule has 2 saturated heterocycles. The van der Waals surface area contributed by atoms with Crippen molar-refractivity contribution in [3.8, 4) is 0 Å². The van der Waals surface area contributed by atoms with Gasteiger partial charge in [-0.25, -0.2) is 8.42 Å². The van der Waals surface area contributed by atoms with Gasteiger partial charge >= 0.3 is 0 Å². The van der Waals surface area contributed by atoms with Crippen molar-refractivity contribution < 1.29 is 17.9 Å². The molecule has 2 unspecified atom stereocenters. The number of aryl methyl sites for hydroxylation is 2. The summed E-state index contributed by atoms with van der Waals surface area (Å²) in [4.78, 5) is 17.4. The van der Waals surface area contributed by atoms with E-state index < -0.39 is 10.0 Å². The number of morpholine rings is 1. The van der Waals surface area contributed by atoms with Gasteiger partial charge in [0.05, 0.1) is 23.6 Å². The molecule has 2 atom stereocenters. The summed E-state index contributed by atoms with van der Waals surface area (Å²) in [5, 5.41) is 0. The van der Waals surface area contributed by atoms with Gasteiger partial charge in [-0.3, -0.25) is 9.69 Å². The van der Waals surface area contributed by atoms with Crippen molar-refractivity contribution >= 4 is 15.9 Å². The minimum absolute atomic E-state index is 0.0427. The normalized spacial score (nSPS) is 24.2. The Labute approximate surface area is 202 Å². The van der Waals surface area contributed by atoms with Gasteiger partial charge in [0.1, 0.15) is 0 Å². The van der Waals surface area contributed by atoms with Crippen LogP contribution in [0, 0.1) is 0 Å². The summed E-state index contributed by atoms with van der Waals surface area (Å²) >= 11 is 0. The largest absolute Gasteiger partial charge is 0.368 e. The van der Waals surface area contributed by atoms with Crippen LogP contribution in [-0.2, 0) is 32.4 Å². The van der Waals surface area contributed by atoms with Crippen molar-refractivity contribution in [3.63, 3.8) is 0 Å². The molecule has 2 aliphatic heterocycles. The number of benzene rings is 2. The molecule has 1 aliphatic carbocycles. The van der Waals surface area contributed by atoms with Crippen LogP contribution in [0.3, 0.4) is 0 Å². The number of nitrogens with zero attached hydrogens (tertiary/aromatic N) is 3. The average Bonchev–Trinajstić information content (AvgIpc) is 3.32. The highest BCUT2D eigenvalue weighted by molar-refractivity contribution is 7.89. The van der Waals surface area contributed by atoms with Gasteiger partial charge in [-0.1, -0.05) is 36.4 Å². The van der Waals surface area contributed by atoms with Gasteiger partial charge in [-0.05, 0) is 55.0 Å². The summed E-state index contributed by atoms with van der Waals surface area (Å²) in [5.41, 5.74) is 3.54. The number of amides is 1. The zero-order valence-corrected chi connectivity index (χ0v) is 20.5. The minimum atomic E-state index is -3.54. The Balaban J connectivity index is 1.17. The Bertz CT molecular complexity index is 1130. The van der Waals surface area contributed by atoms with E-state index in [-0.39, 0.29) is 18.1 Å². The number of carbonyl (C=O) groups is 1. The van der Waals surface area contributed by atoms with Crippen LogP contribution in [-0.4, -0.2) is 80.3 Å². The Morgan fingerprint density at radius 3 is 2.47 bits per heavy atom. The standard InChI is InChI=1S/C26H33N3O4S/c1-20-17-27(18-25(33-20)22-6-3-2-4-7-22)19-26(30)28-12-14-29(15-13-28)34(31,32)24-11-10-21-8-5-9-23(21)16-24/h2-4,6-7,10-11,16,20,25H,5,8-9,12-15,17-19H2,1H3. The van der Waals surface area contributed by atoms with Crippen LogP contribution < -0.4 is 0 Å². The van der Waals surface area contributed by atoms with Crippen LogP contribution in [0.25, 0.3) is 0 Å². The maximum absolute atomic E-state index is 13.2. The molecule has 2 fully saturated rings. The van der Waals surface area contributed by atoms with E-state index in [1.165, 1.54) is 9.87 Å². The third kappa shape index (κ3) is 4.91. The summed E-state index contributed by atoms with van der Waals surface area (Å²) in [6, 6.07) is 15.7. The summed E-state index contributed by atoms with van der Waals surface area (Å²) in [5.74, 6) is 0.0514. The van der Waals surface area contributed by atoms with Gasteiger partial charge in [-0.15, -0.1) is 0 Å². The molecule has 2 heterocycles. The van der Waals surface area contributed by atoms with Crippen molar-refractivity contribution in [2.24, 2.45) is 0 Å². The number of sulfonamides is 1. The van der Waals surface area contributed by atoms with E-state index >= 15 is 0 Å². The van der Waals surface area contributed by atoms with Crippen LogP contribution in [0.5, 0.6) is 0 Å². The summed E-state index contributed by atoms with van der Waals surface area (Å²) in [6.45, 7) is 5.25. The molecule has 8 heteroatoms. The Morgan fingerprint density at radius 1 is 0.971 bits per heavy atom. The second-order valence-corrected chi connectivity index (χ2v) is 11.5. The second kappa shape index (κ2) is 9.77. The third-order valence-electron chi connectivity index (χ3n) is 7.17. The van der Waals surface area contributed by atoms with E-state index in [0.29, 0.717) is 50.7 Å². The molecule has 7 nitrogen and oxygen atoms in total. The summed E-state index contributed by atoms with van der Waals surface area (Å²) in [7, 11) is -3.54. The van der Waals surface area contributed by atoms with Crippen molar-refractivity contribution in [1.29, 1.82) is 0 Å². The molecule has 0 spiro atoms. The molecule has 0 bridgehead atoms. The number of hydrogen-bond acceptors (Lipinski definition) is 5. The lowest BCUT2D eigenvalue weighted by atomic mass is 10.1. The molecule has 0 radical (unpaired) electrons. The smallest absolute Gasteiger partial charge is 0.243 e. The maximum atomic E-state index is 13.2. The Hall–Kier alpha value is -2.26. The zero-order chi connectivity index (χ0) is 23.7. The van der Waals surface area contributed by atoms with E-state index in [9.17, 15) is 13.2 Å². The van der Waals surface area contributed by atoms with Crippen LogP contribution in [0.2, 0.25) is 0 Å². The lowest BCUT2D eigenvalue weighted by molar-refractivity contribution is -0.137. The average molecular weight is 484 g/mol. The fourth-order valence-electron chi connectivity index (χ4n) is 5.35. The minimum Gasteiger partial charge on any atom is -0.368 e. The fraction of sp³-hybridized carbons (Fsp3) is 0.500. The van der Waals surface area contributed by atoms with Crippen molar-refractivity contribution in [2.75, 3.05) is 45.8 Å². The highest BCUT2D eigenvalue weighted by Crippen LogP contribution is 2.27. The first kappa shape index (κ1) is 23.5. The topological polar surface area (TPSA) is 70.2 Å². The molecule has 0 aromatic heterocycles. The third-order valence-corrected chi connectivity index (χ3v) is 9.06. The fourth-order valence-corrected chi connectivity index (χ4v) is 6.82. The summed E-state index contributed by atoms with van der Waals surface area (Å²) in [6.07, 6.45) is 3.07. The lowest BCUT2D eigenvalue weighted by Gasteiger charge is -2.39. The first-order valence-electron chi connectivity index (χ1n) is 12.2. The number of rotatable bonds is 5. The first-order chi connectivity index (χ1) is 16.4. The molecule has 5 rings (SSSR count). The second-order valence-electron chi connectivity index (χ2n) is 9.61. The number of carbonyl (C=O) groups excluding carboxylic acids is 1. The van der Waals surface area contributed by atoms with Crippen molar-refractivity contribution in [1.82, 2.24) is 14.1 Å². The molecular weight excluding hydrogens is 450 g/mol. The van der Waals surface area contributed by atoms with Crippen molar-refractivity contribution in [3.05, 3.63) is 65.2 Å². The maximum Gasteiger partial charge on any atom is 0.243 e. The number of piperazine rings is 1. The Morgan fingerprint density at radius 2 is 1.71 bits per heavy atom. The predicted molar refractivity (Wildman–Crippen MR) is 130 cm³/mol. The molecule has 2 aromatic rings. The van der Waals surface area contributed by atoms with Gasteiger partial charge in [0.2, 0.25) is 15.9 Å². The van der Waals surface area contributed by atoms with Crippen LogP contribution >= 0.6 is 0 Å². The molecule has 3 aliphatic rings. The van der Waals surface area contributed by atoms with E-state index in [1.54, 1.807) is 11.0 Å². The van der Waals surface area contributed by atoms with Crippen LogP contribution in [0.1, 0.15) is 36.1 Å². The van der Waals surface area contributed by atoms with Gasteiger partial charge in [-0.2, -0.15) is 4.31 Å². The highest BCUT2D eigenvalue weighted by Gasteiger charge is 2.33. The van der Waals surface area contributed by atoms with Gasteiger partial charge in [0, 0.05) is 39.3 Å². The van der Waals surface area contributed by atoms with Crippen molar-refractivity contribution in [2.45, 2.75) is 43.3 Å². The lowest BCUT2D eigenvalue weighted by Crippen LogP contribution is -2.54. The number of hydrogen-bond donors (Lipinski definition) is 0. The van der Waals surface area contributed by atoms with Gasteiger partial charge in [0.15, 0.2) is 0 Å². The Kier molecular flexibility index (Phi) is 6.75. The van der Waals surface area contributed by atoms with Crippen LogP contribution in [0.4, 0.5) is 0 Å². The predicted octanol–water partition coefficient (Wildman–Crippen LogP) is 2.47. The van der Waals surface area contributed by atoms with E-state index in [1.807, 2.05) is 37.3 Å². The highest BCUT2D eigenvalue weighted by atomic mass is 32.2. The quantitative estimate of drug-likeness (QED) is 0.654. The molecule has 0 saturated carbocycles. The van der Waals surface area contributed by atoms with E-state index in [4.69, 9.17) is 4.74 Å². The molecule has 1 amide bonds.